The van der Waals surface area contributed by atoms with Crippen LogP contribution in [0, 0.1) is 17.6 Å². The van der Waals surface area contributed by atoms with Gasteiger partial charge in [-0.2, -0.15) is 0 Å². The number of hydrogen-bond donors (Lipinski definition) is 3. The van der Waals surface area contributed by atoms with Gasteiger partial charge in [0.15, 0.2) is 11.6 Å². The summed E-state index contributed by atoms with van der Waals surface area (Å²) in [5.41, 5.74) is 0.554. The molecule has 2 aromatic carbocycles. The number of benzene rings is 2. The van der Waals surface area contributed by atoms with E-state index in [0.29, 0.717) is 50.7 Å². The van der Waals surface area contributed by atoms with Crippen molar-refractivity contribution >= 4 is 23.5 Å². The summed E-state index contributed by atoms with van der Waals surface area (Å²) in [4.78, 5) is 41.0. The molecule has 1 saturated carbocycles. The Kier molecular flexibility index (Phi) is 8.30. The van der Waals surface area contributed by atoms with Gasteiger partial charge in [-0.15, -0.1) is 0 Å². The third-order valence-corrected chi connectivity index (χ3v) is 6.55. The van der Waals surface area contributed by atoms with Crippen molar-refractivity contribution in [2.75, 3.05) is 38.0 Å². The van der Waals surface area contributed by atoms with Crippen molar-refractivity contribution in [3.8, 4) is 0 Å². The molecule has 0 bridgehead atoms. The monoisotopic (exact) mass is 527 g/mol. The Bertz CT molecular complexity index is 1200. The molecule has 2 aromatic rings. The molecule has 2 fully saturated rings. The third kappa shape index (κ3) is 7.28. The number of carbonyl (C=O) groups excluding carboxylic acids is 3. The molecule has 1 heterocycles. The molecular formula is C28H35F2N5O3. The van der Waals surface area contributed by atoms with Crippen molar-refractivity contribution in [2.24, 2.45) is 5.92 Å². The second-order valence-electron chi connectivity index (χ2n) is 11.0. The van der Waals surface area contributed by atoms with Crippen molar-refractivity contribution < 1.29 is 23.2 Å². The molecule has 10 heteroatoms. The predicted molar refractivity (Wildman–Crippen MR) is 141 cm³/mol. The summed E-state index contributed by atoms with van der Waals surface area (Å²) in [5, 5.41) is 7.89. The molecule has 4 rings (SSSR count). The first-order valence-corrected chi connectivity index (χ1v) is 13.0. The number of amides is 4. The standard InChI is InChI=1S/C28H35F2N5O3/c1-28(2,3)33-25(36)20-6-4-5-19(15-20)17-34-11-13-35(14-12-34)26(37)21-9-10-22(24(30)23(21)29)32-27(38)31-16-18-7-8-18/h4-6,9-10,15,18H,7-8,11-14,16-17H2,1-3H3,(H,33,36)(H2,31,32,38). The lowest BCUT2D eigenvalue weighted by Crippen LogP contribution is -2.48. The van der Waals surface area contributed by atoms with Crippen molar-refractivity contribution in [3.05, 3.63) is 64.7 Å². The van der Waals surface area contributed by atoms with Gasteiger partial charge in [0.1, 0.15) is 0 Å². The largest absolute Gasteiger partial charge is 0.347 e. The number of nitrogens with one attached hydrogen (secondary N) is 3. The molecule has 1 aliphatic heterocycles. The first-order chi connectivity index (χ1) is 18.0. The minimum Gasteiger partial charge on any atom is -0.347 e. The lowest BCUT2D eigenvalue weighted by Gasteiger charge is -2.35. The highest BCUT2D eigenvalue weighted by Crippen LogP contribution is 2.27. The van der Waals surface area contributed by atoms with E-state index in [4.69, 9.17) is 0 Å². The van der Waals surface area contributed by atoms with E-state index >= 15 is 0 Å². The van der Waals surface area contributed by atoms with E-state index in [1.165, 1.54) is 17.0 Å². The van der Waals surface area contributed by atoms with Gasteiger partial charge >= 0.3 is 6.03 Å². The summed E-state index contributed by atoms with van der Waals surface area (Å²) in [6, 6.07) is 9.24. The molecule has 3 N–H and O–H groups in total. The summed E-state index contributed by atoms with van der Waals surface area (Å²) in [5.74, 6) is -2.81. The Morgan fingerprint density at radius 3 is 2.34 bits per heavy atom. The highest BCUT2D eigenvalue weighted by molar-refractivity contribution is 5.96. The number of halogens is 2. The zero-order valence-electron chi connectivity index (χ0n) is 22.1. The minimum absolute atomic E-state index is 0.135. The fourth-order valence-electron chi connectivity index (χ4n) is 4.30. The van der Waals surface area contributed by atoms with Gasteiger partial charge in [0.25, 0.3) is 11.8 Å². The number of piperazine rings is 1. The number of hydrogen-bond acceptors (Lipinski definition) is 4. The van der Waals surface area contributed by atoms with Crippen molar-refractivity contribution in [2.45, 2.75) is 45.7 Å². The molecule has 0 spiro atoms. The summed E-state index contributed by atoms with van der Waals surface area (Å²) in [7, 11) is 0. The summed E-state index contributed by atoms with van der Waals surface area (Å²) < 4.78 is 29.4. The number of carbonyl (C=O) groups is 3. The smallest absolute Gasteiger partial charge is 0.319 e. The molecule has 0 atom stereocenters. The van der Waals surface area contributed by atoms with E-state index in [0.717, 1.165) is 18.4 Å². The van der Waals surface area contributed by atoms with Gasteiger partial charge in [-0.25, -0.2) is 13.6 Å². The maximum atomic E-state index is 14.8. The lowest BCUT2D eigenvalue weighted by atomic mass is 10.1. The first kappa shape index (κ1) is 27.5. The van der Waals surface area contributed by atoms with Crippen LogP contribution in [0.25, 0.3) is 0 Å². The van der Waals surface area contributed by atoms with Crippen LogP contribution in [-0.2, 0) is 6.54 Å². The van der Waals surface area contributed by atoms with E-state index in [1.54, 1.807) is 6.07 Å². The van der Waals surface area contributed by atoms with E-state index in [1.807, 2.05) is 39.0 Å². The second kappa shape index (κ2) is 11.5. The summed E-state index contributed by atoms with van der Waals surface area (Å²) in [6.45, 7) is 8.69. The van der Waals surface area contributed by atoms with Crippen LogP contribution in [0.1, 0.15) is 59.9 Å². The average molecular weight is 528 g/mol. The van der Waals surface area contributed by atoms with Crippen LogP contribution in [0.3, 0.4) is 0 Å². The van der Waals surface area contributed by atoms with Crippen molar-refractivity contribution in [1.82, 2.24) is 20.4 Å². The number of urea groups is 1. The lowest BCUT2D eigenvalue weighted by molar-refractivity contribution is 0.0622. The topological polar surface area (TPSA) is 93.8 Å². The Labute approximate surface area is 221 Å². The number of rotatable bonds is 7. The molecule has 2 aliphatic rings. The van der Waals surface area contributed by atoms with Gasteiger partial charge in [0, 0.05) is 50.4 Å². The highest BCUT2D eigenvalue weighted by atomic mass is 19.2. The Morgan fingerprint density at radius 2 is 1.68 bits per heavy atom. The SMILES string of the molecule is CC(C)(C)NC(=O)c1cccc(CN2CCN(C(=O)c3ccc(NC(=O)NCC4CC4)c(F)c3F)CC2)c1. The second-order valence-corrected chi connectivity index (χ2v) is 11.0. The van der Waals surface area contributed by atoms with Crippen LogP contribution in [0.15, 0.2) is 36.4 Å². The highest BCUT2D eigenvalue weighted by Gasteiger charge is 2.27. The maximum absolute atomic E-state index is 14.8. The van der Waals surface area contributed by atoms with Crippen LogP contribution < -0.4 is 16.0 Å². The average Bonchev–Trinajstić information content (AvgIpc) is 3.70. The third-order valence-electron chi connectivity index (χ3n) is 6.55. The summed E-state index contributed by atoms with van der Waals surface area (Å²) >= 11 is 0. The zero-order valence-corrected chi connectivity index (χ0v) is 22.1. The van der Waals surface area contributed by atoms with Gasteiger partial charge in [-0.1, -0.05) is 12.1 Å². The Hall–Kier alpha value is -3.53. The molecule has 38 heavy (non-hydrogen) atoms. The van der Waals surface area contributed by atoms with Crippen LogP contribution in [-0.4, -0.2) is 65.9 Å². The molecule has 204 valence electrons. The summed E-state index contributed by atoms with van der Waals surface area (Å²) in [6.07, 6.45) is 2.11. The van der Waals surface area contributed by atoms with E-state index in [9.17, 15) is 23.2 Å². The Morgan fingerprint density at radius 1 is 0.974 bits per heavy atom. The fourth-order valence-corrected chi connectivity index (χ4v) is 4.30. The van der Waals surface area contributed by atoms with Crippen molar-refractivity contribution in [1.29, 1.82) is 0 Å². The van der Waals surface area contributed by atoms with Crippen LogP contribution in [0.5, 0.6) is 0 Å². The van der Waals surface area contributed by atoms with Crippen molar-refractivity contribution in [3.63, 3.8) is 0 Å². The number of anilines is 1. The molecule has 0 aromatic heterocycles. The molecule has 8 nitrogen and oxygen atoms in total. The maximum Gasteiger partial charge on any atom is 0.319 e. The van der Waals surface area contributed by atoms with E-state index in [-0.39, 0.29) is 22.7 Å². The van der Waals surface area contributed by atoms with Gasteiger partial charge < -0.3 is 20.9 Å². The fraction of sp³-hybridized carbons (Fsp3) is 0.464. The molecule has 1 saturated heterocycles. The first-order valence-electron chi connectivity index (χ1n) is 13.0. The molecule has 0 unspecified atom stereocenters. The normalized spacial score (nSPS) is 16.2. The van der Waals surface area contributed by atoms with Gasteiger partial charge in [-0.05, 0) is 69.4 Å². The van der Waals surface area contributed by atoms with E-state index in [2.05, 4.69) is 20.9 Å². The van der Waals surface area contributed by atoms with Gasteiger partial charge in [0.05, 0.1) is 11.3 Å². The predicted octanol–water partition coefficient (Wildman–Crippen LogP) is 3.98. The van der Waals surface area contributed by atoms with Crippen LogP contribution in [0.4, 0.5) is 19.3 Å². The minimum atomic E-state index is -1.28. The molecule has 1 aliphatic carbocycles. The Balaban J connectivity index is 1.31. The van der Waals surface area contributed by atoms with E-state index < -0.39 is 23.6 Å². The van der Waals surface area contributed by atoms with Crippen LogP contribution >= 0.6 is 0 Å². The zero-order chi connectivity index (χ0) is 27.4. The quantitative estimate of drug-likeness (QED) is 0.508. The van der Waals surface area contributed by atoms with Gasteiger partial charge in [-0.3, -0.25) is 14.5 Å². The molecule has 0 radical (unpaired) electrons. The van der Waals surface area contributed by atoms with Crippen LogP contribution in [0.2, 0.25) is 0 Å². The van der Waals surface area contributed by atoms with Gasteiger partial charge in [0.2, 0.25) is 0 Å². The molecular weight excluding hydrogens is 492 g/mol. The molecule has 4 amide bonds. The number of nitrogens with zero attached hydrogens (tertiary/aromatic N) is 2.